The molecule has 3 nitrogen and oxygen atoms in total. The first-order chi connectivity index (χ1) is 7.06. The van der Waals surface area contributed by atoms with E-state index in [4.69, 9.17) is 0 Å². The van der Waals surface area contributed by atoms with Crippen LogP contribution in [0.15, 0.2) is 0 Å². The summed E-state index contributed by atoms with van der Waals surface area (Å²) in [4.78, 5) is 0. The average Bonchev–Trinajstić information content (AvgIpc) is 2.47. The van der Waals surface area contributed by atoms with Gasteiger partial charge in [0.25, 0.3) is 0 Å². The van der Waals surface area contributed by atoms with Crippen LogP contribution in [0.2, 0.25) is 0 Å². The van der Waals surface area contributed by atoms with Gasteiger partial charge in [-0.15, -0.1) is 0 Å². The van der Waals surface area contributed by atoms with Gasteiger partial charge in [-0.25, -0.2) is 0 Å². The predicted molar refractivity (Wildman–Crippen MR) is 65.4 cm³/mol. The fourth-order valence-electron chi connectivity index (χ4n) is 1.87. The molecule has 0 saturated carbocycles. The first kappa shape index (κ1) is 12.1. The summed E-state index contributed by atoms with van der Waals surface area (Å²) in [6.07, 6.45) is 1.08. The lowest BCUT2D eigenvalue weighted by Gasteiger charge is -2.11. The molecule has 1 heterocycles. The number of nitrogens with zero attached hydrogens (tertiary/aromatic N) is 1. The molecule has 86 valence electrons. The van der Waals surface area contributed by atoms with Crippen molar-refractivity contribution in [2.45, 2.75) is 47.0 Å². The largest absolute Gasteiger partial charge is 0.369 e. The molecule has 0 fully saturated rings. The third-order valence-corrected chi connectivity index (χ3v) is 2.42. The minimum Gasteiger partial charge on any atom is -0.369 e. The van der Waals surface area contributed by atoms with Gasteiger partial charge in [0.15, 0.2) is 5.82 Å². The summed E-state index contributed by atoms with van der Waals surface area (Å²) in [7, 11) is 0. The molecular weight excluding hydrogens is 186 g/mol. The van der Waals surface area contributed by atoms with Crippen molar-refractivity contribution in [1.29, 1.82) is 0 Å². The fourth-order valence-corrected chi connectivity index (χ4v) is 1.87. The predicted octanol–water partition coefficient (Wildman–Crippen LogP) is 3.16. The lowest BCUT2D eigenvalue weighted by atomic mass is 9.97. The first-order valence-electron chi connectivity index (χ1n) is 5.87. The molecule has 1 aromatic heterocycles. The number of H-pyrrole nitrogens is 1. The molecular formula is C12H23N3. The quantitative estimate of drug-likeness (QED) is 0.782. The summed E-state index contributed by atoms with van der Waals surface area (Å²) in [6.45, 7) is 11.9. The van der Waals surface area contributed by atoms with Gasteiger partial charge in [-0.3, -0.25) is 5.10 Å². The zero-order chi connectivity index (χ0) is 11.4. The Balaban J connectivity index is 2.95. The van der Waals surface area contributed by atoms with Crippen LogP contribution in [0.4, 0.5) is 5.82 Å². The normalized spacial score (nSPS) is 11.4. The molecule has 0 aliphatic heterocycles. The Morgan fingerprint density at radius 1 is 1.27 bits per heavy atom. The van der Waals surface area contributed by atoms with E-state index in [1.54, 1.807) is 0 Å². The second-order valence-electron chi connectivity index (χ2n) is 4.75. The van der Waals surface area contributed by atoms with E-state index in [2.05, 4.69) is 50.1 Å². The lowest BCUT2D eigenvalue weighted by Crippen LogP contribution is -2.03. The fraction of sp³-hybridized carbons (Fsp3) is 0.750. The van der Waals surface area contributed by atoms with Crippen LogP contribution < -0.4 is 5.32 Å². The van der Waals surface area contributed by atoms with Crippen molar-refractivity contribution in [2.24, 2.45) is 5.92 Å². The first-order valence-corrected chi connectivity index (χ1v) is 5.87. The molecule has 0 saturated heterocycles. The Morgan fingerprint density at radius 2 is 1.93 bits per heavy atom. The Hall–Kier alpha value is -0.990. The summed E-state index contributed by atoms with van der Waals surface area (Å²) in [6, 6.07) is 0. The molecule has 2 N–H and O–H groups in total. The van der Waals surface area contributed by atoms with E-state index in [-0.39, 0.29) is 0 Å². The van der Waals surface area contributed by atoms with Gasteiger partial charge in [-0.2, -0.15) is 5.10 Å². The van der Waals surface area contributed by atoms with E-state index in [1.165, 1.54) is 11.3 Å². The van der Waals surface area contributed by atoms with E-state index < -0.39 is 0 Å². The van der Waals surface area contributed by atoms with Crippen molar-refractivity contribution in [2.75, 3.05) is 11.9 Å². The van der Waals surface area contributed by atoms with Gasteiger partial charge in [0.1, 0.15) is 0 Å². The Bertz CT molecular complexity index is 300. The third kappa shape index (κ3) is 2.98. The van der Waals surface area contributed by atoms with Crippen LogP contribution in [0.5, 0.6) is 0 Å². The SMILES string of the molecule is CCNc1n[nH]c(CC(C)C)c1C(C)C. The second-order valence-corrected chi connectivity index (χ2v) is 4.75. The molecule has 0 aromatic carbocycles. The van der Waals surface area contributed by atoms with Gasteiger partial charge < -0.3 is 5.32 Å². The molecule has 0 amide bonds. The highest BCUT2D eigenvalue weighted by molar-refractivity contribution is 5.48. The number of hydrogen-bond donors (Lipinski definition) is 2. The maximum absolute atomic E-state index is 4.34. The third-order valence-electron chi connectivity index (χ3n) is 2.42. The molecule has 0 aliphatic rings. The minimum atomic E-state index is 0.520. The topological polar surface area (TPSA) is 40.7 Å². The van der Waals surface area contributed by atoms with Gasteiger partial charge in [0.05, 0.1) is 0 Å². The average molecular weight is 209 g/mol. The summed E-state index contributed by atoms with van der Waals surface area (Å²) in [5.74, 6) is 2.21. The molecule has 0 radical (unpaired) electrons. The molecule has 0 aliphatic carbocycles. The smallest absolute Gasteiger partial charge is 0.151 e. The van der Waals surface area contributed by atoms with Crippen LogP contribution in [0.3, 0.4) is 0 Å². The Kier molecular flexibility index (Phi) is 4.18. The van der Waals surface area contributed by atoms with E-state index >= 15 is 0 Å². The van der Waals surface area contributed by atoms with E-state index in [1.807, 2.05) is 0 Å². The maximum atomic E-state index is 4.34. The van der Waals surface area contributed by atoms with E-state index in [0.29, 0.717) is 11.8 Å². The number of anilines is 1. The second kappa shape index (κ2) is 5.19. The minimum absolute atomic E-state index is 0.520. The van der Waals surface area contributed by atoms with Crippen LogP contribution in [0.1, 0.15) is 51.8 Å². The number of nitrogens with one attached hydrogen (secondary N) is 2. The summed E-state index contributed by atoms with van der Waals surface area (Å²) in [5, 5.41) is 10.8. The summed E-state index contributed by atoms with van der Waals surface area (Å²) in [5.41, 5.74) is 2.64. The van der Waals surface area contributed by atoms with Crippen molar-refractivity contribution in [3.8, 4) is 0 Å². The standard InChI is InChI=1S/C12H23N3/c1-6-13-12-11(9(4)5)10(14-15-12)7-8(2)3/h8-9H,6-7H2,1-5H3,(H2,13,14,15). The van der Waals surface area contributed by atoms with Gasteiger partial charge in [0, 0.05) is 17.8 Å². The molecule has 0 unspecified atom stereocenters. The number of rotatable bonds is 5. The van der Waals surface area contributed by atoms with Crippen LogP contribution >= 0.6 is 0 Å². The van der Waals surface area contributed by atoms with E-state index in [9.17, 15) is 0 Å². The zero-order valence-corrected chi connectivity index (χ0v) is 10.5. The molecule has 3 heteroatoms. The number of aromatic amines is 1. The van der Waals surface area contributed by atoms with Crippen LogP contribution in [0.25, 0.3) is 0 Å². The van der Waals surface area contributed by atoms with Gasteiger partial charge >= 0.3 is 0 Å². The maximum Gasteiger partial charge on any atom is 0.151 e. The van der Waals surface area contributed by atoms with Crippen molar-refractivity contribution in [1.82, 2.24) is 10.2 Å². The van der Waals surface area contributed by atoms with E-state index in [0.717, 1.165) is 18.8 Å². The molecule has 0 atom stereocenters. The lowest BCUT2D eigenvalue weighted by molar-refractivity contribution is 0.626. The highest BCUT2D eigenvalue weighted by Crippen LogP contribution is 2.27. The molecule has 0 bridgehead atoms. The number of hydrogen-bond acceptors (Lipinski definition) is 2. The summed E-state index contributed by atoms with van der Waals surface area (Å²) < 4.78 is 0. The van der Waals surface area contributed by atoms with Gasteiger partial charge in [-0.1, -0.05) is 27.7 Å². The zero-order valence-electron chi connectivity index (χ0n) is 10.5. The van der Waals surface area contributed by atoms with Crippen LogP contribution in [-0.4, -0.2) is 16.7 Å². The molecule has 1 aromatic rings. The summed E-state index contributed by atoms with van der Waals surface area (Å²) >= 11 is 0. The number of aromatic nitrogens is 2. The van der Waals surface area contributed by atoms with Crippen LogP contribution in [0, 0.1) is 5.92 Å². The Labute approximate surface area is 92.7 Å². The Morgan fingerprint density at radius 3 is 2.40 bits per heavy atom. The van der Waals surface area contributed by atoms with Crippen LogP contribution in [-0.2, 0) is 6.42 Å². The molecule has 15 heavy (non-hydrogen) atoms. The van der Waals surface area contributed by atoms with Gasteiger partial charge in [-0.05, 0) is 25.2 Å². The molecule has 0 spiro atoms. The van der Waals surface area contributed by atoms with Crippen molar-refractivity contribution in [3.05, 3.63) is 11.3 Å². The monoisotopic (exact) mass is 209 g/mol. The van der Waals surface area contributed by atoms with Gasteiger partial charge in [0.2, 0.25) is 0 Å². The molecule has 1 rings (SSSR count). The van der Waals surface area contributed by atoms with Crippen molar-refractivity contribution in [3.63, 3.8) is 0 Å². The van der Waals surface area contributed by atoms with Crippen molar-refractivity contribution >= 4 is 5.82 Å². The highest BCUT2D eigenvalue weighted by Gasteiger charge is 2.16. The van der Waals surface area contributed by atoms with Crippen molar-refractivity contribution < 1.29 is 0 Å². The highest BCUT2D eigenvalue weighted by atomic mass is 15.2.